The van der Waals surface area contributed by atoms with E-state index in [9.17, 15) is 0 Å². The Hall–Kier alpha value is -5.19. The second kappa shape index (κ2) is 13.7. The average molecular weight is 798 g/mol. The van der Waals surface area contributed by atoms with E-state index in [0.717, 1.165) is 39.4 Å². The van der Waals surface area contributed by atoms with Crippen molar-refractivity contribution in [2.45, 2.75) is 0 Å². The van der Waals surface area contributed by atoms with Gasteiger partial charge in [-0.15, -0.1) is 41.3 Å². The minimum Gasteiger partial charge on any atom is -0.333 e. The third-order valence-electron chi connectivity index (χ3n) is 8.05. The minimum atomic E-state index is 0. The SMILES string of the molecule is [Ir].[c-]1ccccc1-c1ccccn1.[c-]1sc2cc3ccccc3cc2c1-c1nc2ccccc2n1-c1ccc(-c2ccccc2)cc1. The molecule has 3 nitrogen and oxygen atoms in total. The van der Waals surface area contributed by atoms with E-state index in [1.54, 1.807) is 17.5 Å². The van der Waals surface area contributed by atoms with E-state index in [0.29, 0.717) is 0 Å². The summed E-state index contributed by atoms with van der Waals surface area (Å²) in [4.78, 5) is 9.30. The molecule has 0 unspecified atom stereocenters. The monoisotopic (exact) mass is 798 g/mol. The first-order valence-electron chi connectivity index (χ1n) is 15.2. The number of hydrogen-bond acceptors (Lipinski definition) is 3. The molecule has 0 aliphatic heterocycles. The van der Waals surface area contributed by atoms with Crippen LogP contribution in [-0.2, 0) is 20.1 Å². The Balaban J connectivity index is 0.000000228. The number of rotatable bonds is 4. The Labute approximate surface area is 291 Å². The number of pyridine rings is 1. The first kappa shape index (κ1) is 30.5. The van der Waals surface area contributed by atoms with Crippen molar-refractivity contribution >= 4 is 43.2 Å². The van der Waals surface area contributed by atoms with Gasteiger partial charge in [-0.25, -0.2) is 0 Å². The topological polar surface area (TPSA) is 30.7 Å². The minimum absolute atomic E-state index is 0. The van der Waals surface area contributed by atoms with Crippen molar-refractivity contribution in [3.05, 3.63) is 175 Å². The molecule has 3 aromatic heterocycles. The third kappa shape index (κ3) is 6.17. The van der Waals surface area contributed by atoms with E-state index < -0.39 is 0 Å². The summed E-state index contributed by atoms with van der Waals surface area (Å²) in [6.07, 6.45) is 1.79. The molecule has 0 atom stereocenters. The van der Waals surface area contributed by atoms with Gasteiger partial charge in [-0.3, -0.25) is 16.3 Å². The first-order chi connectivity index (χ1) is 22.8. The Kier molecular flexibility index (Phi) is 8.85. The van der Waals surface area contributed by atoms with Crippen molar-refractivity contribution in [1.29, 1.82) is 0 Å². The molecule has 0 saturated heterocycles. The predicted octanol–water partition coefficient (Wildman–Crippen LogP) is 11.1. The van der Waals surface area contributed by atoms with Gasteiger partial charge in [0, 0.05) is 32.0 Å². The van der Waals surface area contributed by atoms with Crippen LogP contribution in [0.4, 0.5) is 0 Å². The second-order valence-electron chi connectivity index (χ2n) is 10.9. The molecule has 3 heterocycles. The van der Waals surface area contributed by atoms with E-state index in [1.165, 1.54) is 32.0 Å². The van der Waals surface area contributed by atoms with E-state index in [-0.39, 0.29) is 20.1 Å². The van der Waals surface area contributed by atoms with Crippen LogP contribution in [0.25, 0.3) is 71.4 Å². The normalized spacial score (nSPS) is 10.8. The predicted molar refractivity (Wildman–Crippen MR) is 192 cm³/mol. The van der Waals surface area contributed by atoms with Gasteiger partial charge < -0.3 is 9.55 Å². The summed E-state index contributed by atoms with van der Waals surface area (Å²) < 4.78 is 3.49. The van der Waals surface area contributed by atoms with Gasteiger partial charge in [-0.05, 0) is 57.9 Å². The van der Waals surface area contributed by atoms with Crippen LogP contribution in [0.15, 0.2) is 164 Å². The summed E-state index contributed by atoms with van der Waals surface area (Å²) >= 11 is 1.66. The van der Waals surface area contributed by atoms with E-state index in [2.05, 4.69) is 124 Å². The van der Waals surface area contributed by atoms with Crippen molar-refractivity contribution in [3.8, 4) is 39.5 Å². The summed E-state index contributed by atoms with van der Waals surface area (Å²) in [6.45, 7) is 0. The number of para-hydroxylation sites is 2. The van der Waals surface area contributed by atoms with Crippen molar-refractivity contribution in [3.63, 3.8) is 0 Å². The van der Waals surface area contributed by atoms with Crippen molar-refractivity contribution in [2.75, 3.05) is 0 Å². The van der Waals surface area contributed by atoms with E-state index in [4.69, 9.17) is 4.98 Å². The molecular formula is C42H27IrN3S-2. The van der Waals surface area contributed by atoms with Crippen molar-refractivity contribution in [2.24, 2.45) is 0 Å². The maximum atomic E-state index is 5.08. The molecule has 1 radical (unpaired) electrons. The number of nitrogens with zero attached hydrogens (tertiary/aromatic N) is 3. The molecule has 0 aliphatic rings. The van der Waals surface area contributed by atoms with Gasteiger partial charge in [0.1, 0.15) is 0 Å². The van der Waals surface area contributed by atoms with Crippen molar-refractivity contribution in [1.82, 2.24) is 14.5 Å². The van der Waals surface area contributed by atoms with Gasteiger partial charge in [-0.1, -0.05) is 119 Å². The first-order valence-corrected chi connectivity index (χ1v) is 16.0. The summed E-state index contributed by atoms with van der Waals surface area (Å²) in [6, 6.07) is 57.4. The molecule has 0 bridgehead atoms. The van der Waals surface area contributed by atoms with Crippen LogP contribution < -0.4 is 0 Å². The average Bonchev–Trinajstić information content (AvgIpc) is 3.73. The second-order valence-corrected chi connectivity index (χ2v) is 11.8. The van der Waals surface area contributed by atoms with Crippen LogP contribution in [0.5, 0.6) is 0 Å². The van der Waals surface area contributed by atoms with Crippen LogP contribution in [0, 0.1) is 11.4 Å². The molecule has 227 valence electrons. The Morgan fingerprint density at radius 3 is 2.09 bits per heavy atom. The zero-order valence-electron chi connectivity index (χ0n) is 25.2. The Morgan fingerprint density at radius 1 is 0.617 bits per heavy atom. The van der Waals surface area contributed by atoms with Crippen LogP contribution in [0.1, 0.15) is 0 Å². The molecule has 0 aliphatic carbocycles. The number of thiophene rings is 1. The summed E-state index contributed by atoms with van der Waals surface area (Å²) in [5.74, 6) is 0.926. The summed E-state index contributed by atoms with van der Waals surface area (Å²) in [5, 5.41) is 7.25. The number of benzene rings is 6. The van der Waals surface area contributed by atoms with Gasteiger partial charge in [-0.2, -0.15) is 0 Å². The molecule has 0 spiro atoms. The van der Waals surface area contributed by atoms with Gasteiger partial charge in [0.05, 0.1) is 16.9 Å². The van der Waals surface area contributed by atoms with Crippen LogP contribution in [0.3, 0.4) is 0 Å². The maximum absolute atomic E-state index is 5.08. The molecule has 0 saturated carbocycles. The van der Waals surface area contributed by atoms with Crippen molar-refractivity contribution < 1.29 is 20.1 Å². The van der Waals surface area contributed by atoms with E-state index in [1.807, 2.05) is 54.6 Å². The van der Waals surface area contributed by atoms with Gasteiger partial charge in [0.15, 0.2) is 0 Å². The fourth-order valence-electron chi connectivity index (χ4n) is 5.79. The summed E-state index contributed by atoms with van der Waals surface area (Å²) in [5.41, 5.74) is 8.65. The van der Waals surface area contributed by atoms with E-state index >= 15 is 0 Å². The number of aromatic nitrogens is 3. The fraction of sp³-hybridized carbons (Fsp3) is 0. The molecular weight excluding hydrogens is 771 g/mol. The number of imidazole rings is 1. The standard InChI is InChI=1S/C31H19N2S.C11H8N.Ir/c1-2-8-21(9-3-1)22-14-16-25(17-15-22)33-29-13-7-6-12-28(29)32-31(33)27-20-34-30-19-24-11-5-4-10-23(24)18-26(27)30;1-2-6-10(7-3-1)11-8-4-5-9-12-11;/h1-19H;1-6,8-9H;/q2*-1;. The molecule has 0 N–H and O–H groups in total. The number of fused-ring (bicyclic) bond motifs is 3. The molecule has 5 heteroatoms. The molecule has 47 heavy (non-hydrogen) atoms. The van der Waals surface area contributed by atoms with Gasteiger partial charge in [0.2, 0.25) is 0 Å². The fourth-order valence-corrected chi connectivity index (χ4v) is 6.66. The van der Waals surface area contributed by atoms with Crippen LogP contribution in [-0.4, -0.2) is 14.5 Å². The quantitative estimate of drug-likeness (QED) is 0.166. The molecule has 0 fully saturated rings. The molecule has 9 aromatic rings. The number of hydrogen-bond donors (Lipinski definition) is 0. The Bertz CT molecular complexity index is 2360. The molecule has 0 amide bonds. The van der Waals surface area contributed by atoms with Crippen LogP contribution >= 0.6 is 11.3 Å². The van der Waals surface area contributed by atoms with Gasteiger partial charge in [0.25, 0.3) is 0 Å². The zero-order chi connectivity index (χ0) is 30.7. The third-order valence-corrected chi connectivity index (χ3v) is 8.91. The molecule has 6 aromatic carbocycles. The van der Waals surface area contributed by atoms with Crippen LogP contribution in [0.2, 0.25) is 0 Å². The molecule has 9 rings (SSSR count). The summed E-state index contributed by atoms with van der Waals surface area (Å²) in [7, 11) is 0. The smallest absolute Gasteiger partial charge is 0.0774 e. The zero-order valence-corrected chi connectivity index (χ0v) is 28.4. The maximum Gasteiger partial charge on any atom is 0.0774 e. The Morgan fingerprint density at radius 2 is 1.32 bits per heavy atom. The largest absolute Gasteiger partial charge is 0.333 e. The van der Waals surface area contributed by atoms with Gasteiger partial charge >= 0.3 is 0 Å².